The fourth-order valence-corrected chi connectivity index (χ4v) is 2.74. The summed E-state index contributed by atoms with van der Waals surface area (Å²) in [4.78, 5) is 13.4. The summed E-state index contributed by atoms with van der Waals surface area (Å²) in [6.45, 7) is 1.93. The second kappa shape index (κ2) is 6.61. The van der Waals surface area contributed by atoms with Gasteiger partial charge in [0, 0.05) is 26.0 Å². The van der Waals surface area contributed by atoms with E-state index in [-0.39, 0.29) is 11.2 Å². The number of aromatic nitrogens is 2. The van der Waals surface area contributed by atoms with Crippen LogP contribution in [0.3, 0.4) is 0 Å². The van der Waals surface area contributed by atoms with Gasteiger partial charge in [0.2, 0.25) is 5.91 Å². The molecule has 0 N–H and O–H groups in total. The van der Waals surface area contributed by atoms with Gasteiger partial charge >= 0.3 is 0 Å². The molecule has 1 aromatic carbocycles. The first-order valence-electron chi connectivity index (χ1n) is 6.50. The predicted octanol–water partition coefficient (Wildman–Crippen LogP) is 2.58. The molecule has 1 atom stereocenters. The minimum Gasteiger partial charge on any atom is -0.348 e. The zero-order valence-electron chi connectivity index (χ0n) is 12.0. The number of nitrogens with zero attached hydrogens (tertiary/aromatic N) is 3. The molecule has 0 bridgehead atoms. The minimum absolute atomic E-state index is 0.0492. The Morgan fingerprint density at radius 2 is 2.00 bits per heavy atom. The maximum atomic E-state index is 11.8. The lowest BCUT2D eigenvalue weighted by atomic mass is 10.3. The predicted molar refractivity (Wildman–Crippen MR) is 83.0 cm³/mol. The van der Waals surface area contributed by atoms with E-state index in [1.165, 1.54) is 0 Å². The van der Waals surface area contributed by atoms with Crippen molar-refractivity contribution >= 4 is 17.7 Å². The maximum absolute atomic E-state index is 11.8. The first kappa shape index (κ1) is 14.7. The third-order valence-corrected chi connectivity index (χ3v) is 4.10. The number of rotatable bonds is 5. The summed E-state index contributed by atoms with van der Waals surface area (Å²) in [5.41, 5.74) is 2.03. The highest BCUT2D eigenvalue weighted by molar-refractivity contribution is 7.99. The van der Waals surface area contributed by atoms with Gasteiger partial charge in [0.15, 0.2) is 0 Å². The lowest BCUT2D eigenvalue weighted by Gasteiger charge is -2.15. The van der Waals surface area contributed by atoms with E-state index >= 15 is 0 Å². The molecule has 0 unspecified atom stereocenters. The summed E-state index contributed by atoms with van der Waals surface area (Å²) in [6.07, 6.45) is 1.95. The zero-order valence-corrected chi connectivity index (χ0v) is 12.8. The topological polar surface area (TPSA) is 38.1 Å². The molecule has 0 fully saturated rings. The molecule has 0 aliphatic carbocycles. The molecule has 1 amide bonds. The average molecular weight is 289 g/mol. The summed E-state index contributed by atoms with van der Waals surface area (Å²) in [6, 6.07) is 12.0. The third kappa shape index (κ3) is 3.63. The lowest BCUT2D eigenvalue weighted by molar-refractivity contribution is -0.127. The summed E-state index contributed by atoms with van der Waals surface area (Å²) in [7, 11) is 3.56. The fourth-order valence-electron chi connectivity index (χ4n) is 1.81. The molecule has 20 heavy (non-hydrogen) atoms. The van der Waals surface area contributed by atoms with Crippen LogP contribution < -0.4 is 0 Å². The van der Waals surface area contributed by atoms with E-state index < -0.39 is 0 Å². The molecule has 0 aliphatic rings. The minimum atomic E-state index is -0.0492. The van der Waals surface area contributed by atoms with Gasteiger partial charge in [-0.3, -0.25) is 4.79 Å². The molecule has 2 rings (SSSR count). The zero-order chi connectivity index (χ0) is 14.5. The molecule has 1 aromatic heterocycles. The number of carbonyl (C=O) groups excluding carboxylic acids is 1. The van der Waals surface area contributed by atoms with E-state index in [2.05, 4.69) is 5.10 Å². The highest BCUT2D eigenvalue weighted by Gasteiger charge is 2.15. The van der Waals surface area contributed by atoms with Gasteiger partial charge in [-0.2, -0.15) is 5.10 Å². The van der Waals surface area contributed by atoms with Crippen LogP contribution >= 0.6 is 11.8 Å². The standard InChI is InChI=1S/C15H19N3OS/c1-12(15(19)17(2)3)20-11-13-9-10-18(16-13)14-7-5-4-6-8-14/h4-10,12H,11H2,1-3H3/t12-/m1/s1. The summed E-state index contributed by atoms with van der Waals surface area (Å²) < 4.78 is 1.86. The second-order valence-corrected chi connectivity index (χ2v) is 6.10. The maximum Gasteiger partial charge on any atom is 0.234 e. The molecule has 0 aliphatic heterocycles. The van der Waals surface area contributed by atoms with Gasteiger partial charge < -0.3 is 4.90 Å². The van der Waals surface area contributed by atoms with Crippen molar-refractivity contribution in [3.63, 3.8) is 0 Å². The molecule has 1 heterocycles. The Balaban J connectivity index is 1.95. The molecule has 2 aromatic rings. The Morgan fingerprint density at radius 1 is 1.30 bits per heavy atom. The highest BCUT2D eigenvalue weighted by Crippen LogP contribution is 2.18. The number of thioether (sulfide) groups is 1. The van der Waals surface area contributed by atoms with Crippen LogP contribution in [-0.2, 0) is 10.5 Å². The van der Waals surface area contributed by atoms with Crippen LogP contribution in [0.2, 0.25) is 0 Å². The van der Waals surface area contributed by atoms with Gasteiger partial charge in [0.25, 0.3) is 0 Å². The van der Waals surface area contributed by atoms with Crippen LogP contribution in [0.25, 0.3) is 5.69 Å². The van der Waals surface area contributed by atoms with Crippen molar-refractivity contribution in [1.29, 1.82) is 0 Å². The molecule has 0 radical (unpaired) electrons. The van der Waals surface area contributed by atoms with Crippen LogP contribution in [0, 0.1) is 0 Å². The van der Waals surface area contributed by atoms with Crippen LogP contribution in [0.4, 0.5) is 0 Å². The smallest absolute Gasteiger partial charge is 0.234 e. The lowest BCUT2D eigenvalue weighted by Crippen LogP contribution is -2.29. The van der Waals surface area contributed by atoms with E-state index in [1.807, 2.05) is 54.2 Å². The van der Waals surface area contributed by atoms with E-state index in [4.69, 9.17) is 0 Å². The number of benzene rings is 1. The van der Waals surface area contributed by atoms with Gasteiger partial charge in [0.05, 0.1) is 16.6 Å². The van der Waals surface area contributed by atoms with Gasteiger partial charge in [0.1, 0.15) is 0 Å². The normalized spacial score (nSPS) is 12.2. The molecule has 5 heteroatoms. The number of hydrogen-bond donors (Lipinski definition) is 0. The van der Waals surface area contributed by atoms with Gasteiger partial charge in [-0.1, -0.05) is 18.2 Å². The van der Waals surface area contributed by atoms with Crippen molar-refractivity contribution in [3.8, 4) is 5.69 Å². The van der Waals surface area contributed by atoms with Gasteiger partial charge in [-0.25, -0.2) is 4.68 Å². The molecule has 4 nitrogen and oxygen atoms in total. The van der Waals surface area contributed by atoms with E-state index in [0.717, 1.165) is 17.1 Å². The Hall–Kier alpha value is -1.75. The Morgan fingerprint density at radius 3 is 2.65 bits per heavy atom. The molecule has 106 valence electrons. The molecule has 0 saturated heterocycles. The van der Waals surface area contributed by atoms with Crippen molar-refractivity contribution in [3.05, 3.63) is 48.3 Å². The van der Waals surface area contributed by atoms with Crippen molar-refractivity contribution in [2.24, 2.45) is 0 Å². The van der Waals surface area contributed by atoms with Crippen molar-refractivity contribution in [2.75, 3.05) is 14.1 Å². The second-order valence-electron chi connectivity index (χ2n) is 4.77. The monoisotopic (exact) mass is 289 g/mol. The third-order valence-electron chi connectivity index (χ3n) is 2.93. The summed E-state index contributed by atoms with van der Waals surface area (Å²) in [5.74, 6) is 0.873. The van der Waals surface area contributed by atoms with E-state index in [0.29, 0.717) is 0 Å². The Labute approximate surface area is 123 Å². The first-order valence-corrected chi connectivity index (χ1v) is 7.55. The van der Waals surface area contributed by atoms with Crippen LogP contribution in [0.1, 0.15) is 12.6 Å². The summed E-state index contributed by atoms with van der Waals surface area (Å²) in [5, 5.41) is 4.48. The van der Waals surface area contributed by atoms with Gasteiger partial charge in [-0.15, -0.1) is 11.8 Å². The van der Waals surface area contributed by atoms with Gasteiger partial charge in [-0.05, 0) is 25.1 Å². The molecule has 0 spiro atoms. The number of carbonyl (C=O) groups is 1. The largest absolute Gasteiger partial charge is 0.348 e. The molecule has 0 saturated carbocycles. The van der Waals surface area contributed by atoms with Crippen LogP contribution in [0.5, 0.6) is 0 Å². The quantitative estimate of drug-likeness (QED) is 0.849. The highest BCUT2D eigenvalue weighted by atomic mass is 32.2. The SMILES string of the molecule is C[C@@H](SCc1ccn(-c2ccccc2)n1)C(=O)N(C)C. The Bertz CT molecular complexity index is 566. The average Bonchev–Trinajstić information content (AvgIpc) is 2.93. The first-order chi connectivity index (χ1) is 9.58. The van der Waals surface area contributed by atoms with Crippen LogP contribution in [-0.4, -0.2) is 39.9 Å². The number of hydrogen-bond acceptors (Lipinski definition) is 3. The van der Waals surface area contributed by atoms with Crippen molar-refractivity contribution in [1.82, 2.24) is 14.7 Å². The molecular formula is C15H19N3OS. The van der Waals surface area contributed by atoms with E-state index in [1.54, 1.807) is 30.8 Å². The summed E-state index contributed by atoms with van der Waals surface area (Å²) >= 11 is 1.61. The molecular weight excluding hydrogens is 270 g/mol. The number of amides is 1. The van der Waals surface area contributed by atoms with Crippen LogP contribution in [0.15, 0.2) is 42.6 Å². The van der Waals surface area contributed by atoms with E-state index in [9.17, 15) is 4.79 Å². The fraction of sp³-hybridized carbons (Fsp3) is 0.333. The Kier molecular flexibility index (Phi) is 4.84. The van der Waals surface area contributed by atoms with Crippen molar-refractivity contribution < 1.29 is 4.79 Å². The number of para-hydroxylation sites is 1. The van der Waals surface area contributed by atoms with Crippen molar-refractivity contribution in [2.45, 2.75) is 17.9 Å².